The molecule has 1 aromatic heterocycles. The molecule has 2 heterocycles. The average molecular weight is 337 g/mol. The Morgan fingerprint density at radius 1 is 1.17 bits per heavy atom. The van der Waals surface area contributed by atoms with Gasteiger partial charge in [-0.25, -0.2) is 8.42 Å². The molecule has 2 amide bonds. The highest BCUT2D eigenvalue weighted by molar-refractivity contribution is 7.91. The van der Waals surface area contributed by atoms with Crippen molar-refractivity contribution in [2.75, 3.05) is 11.5 Å². The van der Waals surface area contributed by atoms with Crippen LogP contribution in [0.15, 0.2) is 24.5 Å². The van der Waals surface area contributed by atoms with Crippen molar-refractivity contribution in [1.29, 1.82) is 0 Å². The predicted molar refractivity (Wildman–Crippen MR) is 82.9 cm³/mol. The number of carbonyl (C=O) groups excluding carboxylic acids is 2. The molecule has 1 aromatic rings. The SMILES string of the molecule is O=C(NCc1ccncc1)C1CC1C(=O)NC1CCS(=O)(=O)C1. The van der Waals surface area contributed by atoms with Crippen LogP contribution in [0.25, 0.3) is 0 Å². The van der Waals surface area contributed by atoms with Crippen molar-refractivity contribution in [1.82, 2.24) is 15.6 Å². The molecule has 1 aliphatic carbocycles. The summed E-state index contributed by atoms with van der Waals surface area (Å²) in [5.41, 5.74) is 0.950. The Morgan fingerprint density at radius 3 is 2.52 bits per heavy atom. The molecule has 0 aromatic carbocycles. The second-order valence-corrected chi connectivity index (χ2v) is 8.36. The molecule has 23 heavy (non-hydrogen) atoms. The van der Waals surface area contributed by atoms with E-state index in [0.717, 1.165) is 5.56 Å². The molecule has 3 atom stereocenters. The van der Waals surface area contributed by atoms with Gasteiger partial charge in [0.05, 0.1) is 23.3 Å². The lowest BCUT2D eigenvalue weighted by Crippen LogP contribution is -2.37. The Balaban J connectivity index is 1.43. The fraction of sp³-hybridized carbons (Fsp3) is 0.533. The van der Waals surface area contributed by atoms with Gasteiger partial charge in [-0.3, -0.25) is 14.6 Å². The Hall–Kier alpha value is -1.96. The van der Waals surface area contributed by atoms with Gasteiger partial charge in [0, 0.05) is 25.0 Å². The molecule has 2 N–H and O–H groups in total. The monoisotopic (exact) mass is 337 g/mol. The summed E-state index contributed by atoms with van der Waals surface area (Å²) in [4.78, 5) is 28.0. The predicted octanol–water partition coefficient (Wildman–Crippen LogP) is -0.363. The van der Waals surface area contributed by atoms with Crippen LogP contribution >= 0.6 is 0 Å². The topological polar surface area (TPSA) is 105 Å². The third-order valence-corrected chi connectivity index (χ3v) is 6.03. The molecular formula is C15H19N3O4S. The molecule has 0 bridgehead atoms. The van der Waals surface area contributed by atoms with Gasteiger partial charge in [0.1, 0.15) is 0 Å². The number of pyridine rings is 1. The van der Waals surface area contributed by atoms with Crippen molar-refractivity contribution in [3.8, 4) is 0 Å². The quantitative estimate of drug-likeness (QED) is 0.763. The molecule has 2 aliphatic rings. The van der Waals surface area contributed by atoms with E-state index in [0.29, 0.717) is 19.4 Å². The van der Waals surface area contributed by atoms with Crippen LogP contribution in [0.5, 0.6) is 0 Å². The van der Waals surface area contributed by atoms with Gasteiger partial charge in [-0.1, -0.05) is 0 Å². The highest BCUT2D eigenvalue weighted by Gasteiger charge is 2.48. The molecule has 0 radical (unpaired) electrons. The number of carbonyl (C=O) groups is 2. The first-order chi connectivity index (χ1) is 10.9. The van der Waals surface area contributed by atoms with E-state index in [1.54, 1.807) is 12.4 Å². The Labute approximate surface area is 134 Å². The number of hydrogen-bond acceptors (Lipinski definition) is 5. The Kier molecular flexibility index (Phi) is 4.34. The molecule has 3 rings (SSSR count). The second-order valence-electron chi connectivity index (χ2n) is 6.13. The van der Waals surface area contributed by atoms with Gasteiger partial charge in [0.2, 0.25) is 11.8 Å². The number of hydrogen-bond donors (Lipinski definition) is 2. The first kappa shape index (κ1) is 15.9. The zero-order valence-corrected chi connectivity index (χ0v) is 13.4. The van der Waals surface area contributed by atoms with E-state index in [1.807, 2.05) is 12.1 Å². The lowest BCUT2D eigenvalue weighted by atomic mass is 10.2. The minimum absolute atomic E-state index is 0.00433. The number of aromatic nitrogens is 1. The first-order valence-electron chi connectivity index (χ1n) is 7.62. The fourth-order valence-electron chi connectivity index (χ4n) is 2.81. The van der Waals surface area contributed by atoms with E-state index < -0.39 is 9.84 Å². The van der Waals surface area contributed by atoms with Crippen LogP contribution in [-0.2, 0) is 26.0 Å². The first-order valence-corrected chi connectivity index (χ1v) is 9.44. The van der Waals surface area contributed by atoms with Crippen molar-refractivity contribution in [2.24, 2.45) is 11.8 Å². The zero-order chi connectivity index (χ0) is 16.4. The Morgan fingerprint density at radius 2 is 1.87 bits per heavy atom. The van der Waals surface area contributed by atoms with Crippen LogP contribution in [0.4, 0.5) is 0 Å². The van der Waals surface area contributed by atoms with Crippen LogP contribution in [0, 0.1) is 11.8 Å². The van der Waals surface area contributed by atoms with Gasteiger partial charge in [-0.2, -0.15) is 0 Å². The molecule has 1 saturated carbocycles. The lowest BCUT2D eigenvalue weighted by molar-refractivity contribution is -0.127. The van der Waals surface area contributed by atoms with Crippen LogP contribution < -0.4 is 10.6 Å². The molecule has 3 unspecified atom stereocenters. The minimum Gasteiger partial charge on any atom is -0.352 e. The fourth-order valence-corrected chi connectivity index (χ4v) is 4.49. The second kappa shape index (κ2) is 6.27. The summed E-state index contributed by atoms with van der Waals surface area (Å²) in [6.45, 7) is 0.410. The number of nitrogens with one attached hydrogen (secondary N) is 2. The molecule has 1 saturated heterocycles. The largest absolute Gasteiger partial charge is 0.352 e. The third-order valence-electron chi connectivity index (χ3n) is 4.26. The Bertz CT molecular complexity index is 705. The van der Waals surface area contributed by atoms with Gasteiger partial charge in [0.15, 0.2) is 9.84 Å². The van der Waals surface area contributed by atoms with E-state index >= 15 is 0 Å². The molecule has 8 heteroatoms. The van der Waals surface area contributed by atoms with Crippen molar-refractivity contribution in [3.05, 3.63) is 30.1 Å². The van der Waals surface area contributed by atoms with Gasteiger partial charge < -0.3 is 10.6 Å². The van der Waals surface area contributed by atoms with E-state index in [4.69, 9.17) is 0 Å². The summed E-state index contributed by atoms with van der Waals surface area (Å²) in [5, 5.41) is 5.56. The summed E-state index contributed by atoms with van der Waals surface area (Å²) in [7, 11) is -3.01. The normalized spacial score (nSPS) is 28.1. The van der Waals surface area contributed by atoms with Crippen LogP contribution in [0.1, 0.15) is 18.4 Å². The number of sulfone groups is 1. The van der Waals surface area contributed by atoms with Gasteiger partial charge in [-0.15, -0.1) is 0 Å². The summed E-state index contributed by atoms with van der Waals surface area (Å²) >= 11 is 0. The third kappa shape index (κ3) is 4.07. The smallest absolute Gasteiger partial charge is 0.224 e. The highest BCUT2D eigenvalue weighted by atomic mass is 32.2. The standard InChI is InChI=1S/C15H19N3O4S/c19-14(17-8-10-1-4-16-5-2-10)12-7-13(12)15(20)18-11-3-6-23(21,22)9-11/h1-2,4-5,11-13H,3,6-9H2,(H,17,19)(H,18,20). The van der Waals surface area contributed by atoms with E-state index in [9.17, 15) is 18.0 Å². The van der Waals surface area contributed by atoms with Crippen LogP contribution in [0.2, 0.25) is 0 Å². The number of amides is 2. The molecule has 124 valence electrons. The maximum absolute atomic E-state index is 12.1. The molecule has 0 spiro atoms. The maximum Gasteiger partial charge on any atom is 0.224 e. The van der Waals surface area contributed by atoms with E-state index in [1.165, 1.54) is 0 Å². The van der Waals surface area contributed by atoms with E-state index in [2.05, 4.69) is 15.6 Å². The highest BCUT2D eigenvalue weighted by Crippen LogP contribution is 2.39. The molecule has 2 fully saturated rings. The molecule has 7 nitrogen and oxygen atoms in total. The summed E-state index contributed by atoms with van der Waals surface area (Å²) in [6, 6.07) is 3.32. The lowest BCUT2D eigenvalue weighted by Gasteiger charge is -2.10. The average Bonchev–Trinajstić information content (AvgIpc) is 3.25. The van der Waals surface area contributed by atoms with Crippen molar-refractivity contribution in [2.45, 2.75) is 25.4 Å². The minimum atomic E-state index is -3.01. The van der Waals surface area contributed by atoms with Crippen molar-refractivity contribution >= 4 is 21.7 Å². The van der Waals surface area contributed by atoms with Gasteiger partial charge >= 0.3 is 0 Å². The summed E-state index contributed by atoms with van der Waals surface area (Å²) in [5.74, 6) is -0.870. The van der Waals surface area contributed by atoms with Crippen molar-refractivity contribution < 1.29 is 18.0 Å². The van der Waals surface area contributed by atoms with Crippen molar-refractivity contribution in [3.63, 3.8) is 0 Å². The molecule has 1 aliphatic heterocycles. The van der Waals surface area contributed by atoms with Crippen LogP contribution in [0.3, 0.4) is 0 Å². The van der Waals surface area contributed by atoms with Gasteiger partial charge in [-0.05, 0) is 30.5 Å². The number of rotatable bonds is 5. The summed E-state index contributed by atoms with van der Waals surface area (Å²) < 4.78 is 22.8. The van der Waals surface area contributed by atoms with Gasteiger partial charge in [0.25, 0.3) is 0 Å². The summed E-state index contributed by atoms with van der Waals surface area (Å²) in [6.07, 6.45) is 4.29. The molecular weight excluding hydrogens is 318 g/mol. The zero-order valence-electron chi connectivity index (χ0n) is 12.6. The van der Waals surface area contributed by atoms with Crippen LogP contribution in [-0.4, -0.2) is 42.8 Å². The number of nitrogens with zero attached hydrogens (tertiary/aromatic N) is 1. The van der Waals surface area contributed by atoms with E-state index in [-0.39, 0.29) is 41.2 Å². The maximum atomic E-state index is 12.1.